The van der Waals surface area contributed by atoms with E-state index in [0.29, 0.717) is 35.4 Å². The van der Waals surface area contributed by atoms with Gasteiger partial charge < -0.3 is 9.47 Å². The van der Waals surface area contributed by atoms with E-state index in [-0.39, 0.29) is 18.0 Å². The van der Waals surface area contributed by atoms with E-state index in [2.05, 4.69) is 10.2 Å². The molecule has 1 atom stereocenters. The Morgan fingerprint density at radius 2 is 1.85 bits per heavy atom. The van der Waals surface area contributed by atoms with Gasteiger partial charge in [-0.1, -0.05) is 23.9 Å². The van der Waals surface area contributed by atoms with Crippen molar-refractivity contribution in [1.29, 1.82) is 0 Å². The number of sulfonamides is 1. The van der Waals surface area contributed by atoms with Crippen molar-refractivity contribution in [2.24, 2.45) is 0 Å². The van der Waals surface area contributed by atoms with E-state index in [4.69, 9.17) is 9.47 Å². The van der Waals surface area contributed by atoms with E-state index in [1.165, 1.54) is 35.7 Å². The molecule has 0 saturated carbocycles. The number of benzene rings is 2. The molecule has 9 nitrogen and oxygen atoms in total. The van der Waals surface area contributed by atoms with Crippen molar-refractivity contribution in [3.8, 4) is 17.1 Å². The number of carbonyl (C=O) groups is 1. The molecule has 3 aromatic rings. The van der Waals surface area contributed by atoms with E-state index in [1.54, 1.807) is 35.8 Å². The summed E-state index contributed by atoms with van der Waals surface area (Å²) in [5.74, 6) is -0.488. The Kier molecular flexibility index (Phi) is 7.31. The molecule has 180 valence electrons. The maximum atomic E-state index is 13.6. The normalized spacial score (nSPS) is 15.7. The fraction of sp³-hybridized carbons (Fsp3) is 0.318. The smallest absolute Gasteiger partial charge is 0.318 e. The van der Waals surface area contributed by atoms with Gasteiger partial charge in [0.1, 0.15) is 11.1 Å². The lowest BCUT2D eigenvalue weighted by atomic mass is 10.2. The average Bonchev–Trinajstić information content (AvgIpc) is 3.28. The van der Waals surface area contributed by atoms with Crippen molar-refractivity contribution >= 4 is 27.8 Å². The molecular weight excluding hydrogens is 483 g/mol. The minimum Gasteiger partial charge on any atom is -0.468 e. The summed E-state index contributed by atoms with van der Waals surface area (Å²) in [6.45, 7) is 2.93. The minimum atomic E-state index is -3.72. The summed E-state index contributed by atoms with van der Waals surface area (Å²) in [5.41, 5.74) is 1.06. The highest BCUT2D eigenvalue weighted by molar-refractivity contribution is 8.00. The number of esters is 1. The molecular formula is C22H23FN4O5S2. The van der Waals surface area contributed by atoms with Crippen LogP contribution < -0.4 is 0 Å². The molecule has 0 bridgehead atoms. The van der Waals surface area contributed by atoms with Crippen molar-refractivity contribution in [3.63, 3.8) is 0 Å². The van der Waals surface area contributed by atoms with Crippen molar-refractivity contribution < 1.29 is 27.1 Å². The molecule has 1 aliphatic rings. The molecule has 1 aromatic heterocycles. The lowest BCUT2D eigenvalue weighted by molar-refractivity contribution is -0.139. The zero-order valence-corrected chi connectivity index (χ0v) is 20.2. The largest absolute Gasteiger partial charge is 0.468 e. The minimum absolute atomic E-state index is 0.123. The zero-order valence-electron chi connectivity index (χ0n) is 18.5. The molecule has 0 amide bonds. The quantitative estimate of drug-likeness (QED) is 0.356. The molecule has 0 spiro atoms. The summed E-state index contributed by atoms with van der Waals surface area (Å²) in [4.78, 5) is 12.1. The summed E-state index contributed by atoms with van der Waals surface area (Å²) in [7, 11) is -2.42. The number of halogens is 1. The van der Waals surface area contributed by atoms with E-state index in [1.807, 2.05) is 0 Å². The van der Waals surface area contributed by atoms with Crippen molar-refractivity contribution in [1.82, 2.24) is 19.1 Å². The van der Waals surface area contributed by atoms with Crippen molar-refractivity contribution in [3.05, 3.63) is 54.3 Å². The topological polar surface area (TPSA) is 104 Å². The lowest BCUT2D eigenvalue weighted by Gasteiger charge is -2.26. The zero-order chi connectivity index (χ0) is 24.3. The molecule has 1 fully saturated rings. The van der Waals surface area contributed by atoms with Crippen LogP contribution in [0, 0.1) is 5.82 Å². The van der Waals surface area contributed by atoms with E-state index in [0.717, 1.165) is 11.8 Å². The lowest BCUT2D eigenvalue weighted by Crippen LogP contribution is -2.40. The number of morpholine rings is 1. The van der Waals surface area contributed by atoms with Crippen LogP contribution in [-0.4, -0.2) is 72.1 Å². The summed E-state index contributed by atoms with van der Waals surface area (Å²) >= 11 is 1.13. The number of carbonyl (C=O) groups excluding carboxylic acids is 1. The van der Waals surface area contributed by atoms with Gasteiger partial charge in [0.05, 0.1) is 25.2 Å². The van der Waals surface area contributed by atoms with Crippen molar-refractivity contribution in [2.45, 2.75) is 22.2 Å². The number of methoxy groups -OCH3 is 1. The standard InChI is InChI=1S/C22H23FN4O5S2/c1-15(21(28)31-2)33-22-25-24-20(27(22)18-8-6-17(23)7-9-18)16-4-3-5-19(14-16)34(29,30)26-10-12-32-13-11-26/h3-9,14-15H,10-13H2,1-2H3/t15-/m0/s1. The Labute approximate surface area is 200 Å². The number of hydrogen-bond acceptors (Lipinski definition) is 8. The van der Waals surface area contributed by atoms with Gasteiger partial charge in [-0.15, -0.1) is 10.2 Å². The summed E-state index contributed by atoms with van der Waals surface area (Å²) in [5, 5.41) is 8.31. The first kappa shape index (κ1) is 24.3. The molecule has 0 radical (unpaired) electrons. The fourth-order valence-electron chi connectivity index (χ4n) is 3.46. The van der Waals surface area contributed by atoms with Gasteiger partial charge in [0.2, 0.25) is 10.0 Å². The number of thioether (sulfide) groups is 1. The van der Waals surface area contributed by atoms with Gasteiger partial charge in [-0.3, -0.25) is 9.36 Å². The summed E-state index contributed by atoms with van der Waals surface area (Å²) in [6, 6.07) is 12.1. The molecule has 0 N–H and O–H groups in total. The van der Waals surface area contributed by atoms with Gasteiger partial charge in [-0.2, -0.15) is 4.31 Å². The van der Waals surface area contributed by atoms with E-state index < -0.39 is 27.1 Å². The molecule has 0 unspecified atom stereocenters. The fourth-order valence-corrected chi connectivity index (χ4v) is 5.81. The third-order valence-electron chi connectivity index (χ3n) is 5.23. The van der Waals surface area contributed by atoms with Gasteiger partial charge >= 0.3 is 5.97 Å². The second-order valence-corrected chi connectivity index (χ2v) is 10.7. The van der Waals surface area contributed by atoms with Gasteiger partial charge in [0.15, 0.2) is 11.0 Å². The predicted molar refractivity (Wildman–Crippen MR) is 124 cm³/mol. The number of aromatic nitrogens is 3. The second kappa shape index (κ2) is 10.2. The molecule has 12 heteroatoms. The Hall–Kier alpha value is -2.80. The van der Waals surface area contributed by atoms with Crippen LogP contribution in [0.1, 0.15) is 6.92 Å². The van der Waals surface area contributed by atoms with Crippen LogP contribution in [0.4, 0.5) is 4.39 Å². The molecule has 2 aromatic carbocycles. The molecule has 2 heterocycles. The van der Waals surface area contributed by atoms with Crippen LogP contribution in [0.15, 0.2) is 58.6 Å². The molecule has 34 heavy (non-hydrogen) atoms. The van der Waals surface area contributed by atoms with Crippen LogP contribution in [0.2, 0.25) is 0 Å². The summed E-state index contributed by atoms with van der Waals surface area (Å²) in [6.07, 6.45) is 0. The summed E-state index contributed by atoms with van der Waals surface area (Å²) < 4.78 is 53.0. The first-order valence-corrected chi connectivity index (χ1v) is 12.8. The first-order chi connectivity index (χ1) is 16.3. The van der Waals surface area contributed by atoms with Gasteiger partial charge in [-0.25, -0.2) is 12.8 Å². The molecule has 0 aliphatic carbocycles. The maximum absolute atomic E-state index is 13.6. The van der Waals surface area contributed by atoms with Crippen LogP contribution in [0.3, 0.4) is 0 Å². The maximum Gasteiger partial charge on any atom is 0.318 e. The number of rotatable bonds is 7. The highest BCUT2D eigenvalue weighted by Crippen LogP contribution is 2.32. The van der Waals surface area contributed by atoms with E-state index >= 15 is 0 Å². The van der Waals surface area contributed by atoms with E-state index in [9.17, 15) is 17.6 Å². The van der Waals surface area contributed by atoms with Gasteiger partial charge in [0, 0.05) is 24.3 Å². The second-order valence-electron chi connectivity index (χ2n) is 7.45. The van der Waals surface area contributed by atoms with Gasteiger partial charge in [-0.05, 0) is 43.3 Å². The third kappa shape index (κ3) is 4.99. The van der Waals surface area contributed by atoms with Gasteiger partial charge in [0.25, 0.3) is 0 Å². The average molecular weight is 507 g/mol. The number of nitrogens with zero attached hydrogens (tertiary/aromatic N) is 4. The van der Waals surface area contributed by atoms with Crippen LogP contribution in [0.25, 0.3) is 17.1 Å². The Bertz CT molecular complexity index is 1270. The predicted octanol–water partition coefficient (Wildman–Crippen LogP) is 2.75. The molecule has 1 saturated heterocycles. The SMILES string of the molecule is COC(=O)[C@H](C)Sc1nnc(-c2cccc(S(=O)(=O)N3CCOCC3)c2)n1-c1ccc(F)cc1. The Balaban J connectivity index is 1.78. The van der Waals surface area contributed by atoms with Crippen LogP contribution >= 0.6 is 11.8 Å². The van der Waals surface area contributed by atoms with Crippen molar-refractivity contribution in [2.75, 3.05) is 33.4 Å². The Morgan fingerprint density at radius 3 is 2.53 bits per heavy atom. The highest BCUT2D eigenvalue weighted by Gasteiger charge is 2.28. The molecule has 1 aliphatic heterocycles. The van der Waals surface area contributed by atoms with Crippen LogP contribution in [-0.2, 0) is 24.3 Å². The number of ether oxygens (including phenoxy) is 2. The monoisotopic (exact) mass is 506 g/mol. The molecule has 4 rings (SSSR count). The highest BCUT2D eigenvalue weighted by atomic mass is 32.2. The first-order valence-electron chi connectivity index (χ1n) is 10.5. The van der Waals surface area contributed by atoms with Crippen LogP contribution in [0.5, 0.6) is 0 Å². The number of hydrogen-bond donors (Lipinski definition) is 0. The third-order valence-corrected chi connectivity index (χ3v) is 8.15. The Morgan fingerprint density at radius 1 is 1.15 bits per heavy atom.